The minimum atomic E-state index is -1.58. The highest BCUT2D eigenvalue weighted by atomic mass is 16.5. The Bertz CT molecular complexity index is 988. The number of hydrogen-bond acceptors (Lipinski definition) is 6. The minimum absolute atomic E-state index is 0.00412. The van der Waals surface area contributed by atoms with Crippen LogP contribution in [-0.2, 0) is 27.4 Å². The molecule has 2 amide bonds. The van der Waals surface area contributed by atoms with E-state index in [0.717, 1.165) is 17.5 Å². The van der Waals surface area contributed by atoms with Gasteiger partial charge in [-0.2, -0.15) is 0 Å². The standard InChI is InChI=1S/C27H35BN2O6/c1-2-10-22(28(34)35)18-25(31)24-15-9-16-30(24)26(32)23(17-20-11-5-3-6-12-20)29-27(33)36-19-21-13-7-4-8-14-21/h3-8,11-14,22-24,34-35H,2,9-10,15-19H2,1H3,(H,29,33). The predicted octanol–water partition coefficient (Wildman–Crippen LogP) is 3.12. The van der Waals surface area contributed by atoms with Crippen LogP contribution in [-0.4, -0.2) is 58.5 Å². The predicted molar refractivity (Wildman–Crippen MR) is 137 cm³/mol. The molecule has 1 aliphatic rings. The number of amides is 2. The number of Topliss-reactive ketones (excluding diaryl/α,β-unsaturated/α-hetero) is 1. The van der Waals surface area contributed by atoms with Gasteiger partial charge in [-0.15, -0.1) is 0 Å². The van der Waals surface area contributed by atoms with Gasteiger partial charge in [-0.25, -0.2) is 4.79 Å². The quantitative estimate of drug-likeness (QED) is 0.391. The number of hydrogen-bond donors (Lipinski definition) is 3. The largest absolute Gasteiger partial charge is 0.455 e. The molecule has 1 aliphatic heterocycles. The fraction of sp³-hybridized carbons (Fsp3) is 0.444. The lowest BCUT2D eigenvalue weighted by Crippen LogP contribution is -2.52. The summed E-state index contributed by atoms with van der Waals surface area (Å²) < 4.78 is 5.35. The molecule has 0 saturated carbocycles. The zero-order chi connectivity index (χ0) is 25.9. The number of likely N-dealkylation sites (tertiary alicyclic amines) is 1. The maximum Gasteiger partial charge on any atom is 0.455 e. The maximum atomic E-state index is 13.6. The van der Waals surface area contributed by atoms with E-state index in [1.165, 1.54) is 4.90 Å². The summed E-state index contributed by atoms with van der Waals surface area (Å²) >= 11 is 0. The first-order chi connectivity index (χ1) is 17.4. The molecule has 3 atom stereocenters. The second kappa shape index (κ2) is 13.8. The third kappa shape index (κ3) is 7.93. The van der Waals surface area contributed by atoms with Gasteiger partial charge < -0.3 is 25.0 Å². The fourth-order valence-corrected chi connectivity index (χ4v) is 4.64. The van der Waals surface area contributed by atoms with Gasteiger partial charge in [0.1, 0.15) is 12.6 Å². The summed E-state index contributed by atoms with van der Waals surface area (Å²) in [4.78, 5) is 40.9. The molecule has 9 heteroatoms. The van der Waals surface area contributed by atoms with Crippen molar-refractivity contribution < 1.29 is 29.2 Å². The van der Waals surface area contributed by atoms with E-state index in [0.29, 0.717) is 25.8 Å². The average molecular weight is 494 g/mol. The van der Waals surface area contributed by atoms with E-state index in [2.05, 4.69) is 5.32 Å². The van der Waals surface area contributed by atoms with Gasteiger partial charge in [0.15, 0.2) is 5.78 Å². The van der Waals surface area contributed by atoms with Crippen molar-refractivity contribution in [3.05, 3.63) is 71.8 Å². The first-order valence-corrected chi connectivity index (χ1v) is 12.6. The van der Waals surface area contributed by atoms with Crippen LogP contribution in [0.2, 0.25) is 5.82 Å². The number of rotatable bonds is 12. The van der Waals surface area contributed by atoms with Gasteiger partial charge in [-0.05, 0) is 24.0 Å². The molecule has 2 aromatic carbocycles. The monoisotopic (exact) mass is 494 g/mol. The van der Waals surface area contributed by atoms with Gasteiger partial charge in [0.25, 0.3) is 0 Å². The van der Waals surface area contributed by atoms with E-state index in [4.69, 9.17) is 4.74 Å². The second-order valence-electron chi connectivity index (χ2n) is 9.27. The number of nitrogens with zero attached hydrogens (tertiary/aromatic N) is 1. The number of nitrogens with one attached hydrogen (secondary N) is 1. The van der Waals surface area contributed by atoms with Crippen molar-refractivity contribution in [3.8, 4) is 0 Å². The lowest BCUT2D eigenvalue weighted by Gasteiger charge is -2.29. The molecule has 3 unspecified atom stereocenters. The number of carbonyl (C=O) groups is 3. The maximum absolute atomic E-state index is 13.6. The van der Waals surface area contributed by atoms with E-state index in [-0.39, 0.29) is 31.1 Å². The van der Waals surface area contributed by atoms with Gasteiger partial charge in [-0.3, -0.25) is 9.59 Å². The summed E-state index contributed by atoms with van der Waals surface area (Å²) in [5, 5.41) is 22.0. The fourth-order valence-electron chi connectivity index (χ4n) is 4.64. The summed E-state index contributed by atoms with van der Waals surface area (Å²) in [5.74, 6) is -1.09. The van der Waals surface area contributed by atoms with E-state index >= 15 is 0 Å². The summed E-state index contributed by atoms with van der Waals surface area (Å²) in [5.41, 5.74) is 1.70. The van der Waals surface area contributed by atoms with Gasteiger partial charge in [0.05, 0.1) is 6.04 Å². The van der Waals surface area contributed by atoms with Crippen LogP contribution in [0, 0.1) is 0 Å². The third-order valence-electron chi connectivity index (χ3n) is 6.54. The van der Waals surface area contributed by atoms with Crippen molar-refractivity contribution in [1.82, 2.24) is 10.2 Å². The molecule has 2 aromatic rings. The normalized spacial score (nSPS) is 16.8. The summed E-state index contributed by atoms with van der Waals surface area (Å²) in [6, 6.07) is 17.1. The molecular formula is C27H35BN2O6. The Morgan fingerprint density at radius 3 is 2.31 bits per heavy atom. The Balaban J connectivity index is 1.71. The van der Waals surface area contributed by atoms with E-state index in [1.54, 1.807) is 0 Å². The van der Waals surface area contributed by atoms with Gasteiger partial charge in [0.2, 0.25) is 5.91 Å². The lowest BCUT2D eigenvalue weighted by atomic mass is 9.67. The first kappa shape index (κ1) is 27.4. The number of benzene rings is 2. The summed E-state index contributed by atoms with van der Waals surface area (Å²) in [6.45, 7) is 2.40. The van der Waals surface area contributed by atoms with Gasteiger partial charge in [0, 0.05) is 25.2 Å². The Hall–Kier alpha value is -3.17. The minimum Gasteiger partial charge on any atom is -0.445 e. The molecule has 1 heterocycles. The van der Waals surface area contributed by atoms with Crippen molar-refractivity contribution in [3.63, 3.8) is 0 Å². The molecule has 1 saturated heterocycles. The van der Waals surface area contributed by atoms with E-state index in [1.807, 2.05) is 67.6 Å². The Morgan fingerprint density at radius 2 is 1.69 bits per heavy atom. The zero-order valence-corrected chi connectivity index (χ0v) is 20.7. The molecule has 3 rings (SSSR count). The van der Waals surface area contributed by atoms with Crippen LogP contribution in [0.3, 0.4) is 0 Å². The summed E-state index contributed by atoms with van der Waals surface area (Å²) in [7, 11) is -1.58. The molecule has 3 N–H and O–H groups in total. The van der Waals surface area contributed by atoms with Crippen LogP contribution < -0.4 is 5.32 Å². The molecule has 1 fully saturated rings. The van der Waals surface area contributed by atoms with Crippen LogP contribution in [0.4, 0.5) is 4.79 Å². The van der Waals surface area contributed by atoms with Gasteiger partial charge >= 0.3 is 13.2 Å². The van der Waals surface area contributed by atoms with Crippen LogP contribution in [0.5, 0.6) is 0 Å². The molecule has 0 spiro atoms. The Kier molecular flexibility index (Phi) is 10.5. The van der Waals surface area contributed by atoms with Crippen molar-refractivity contribution in [2.45, 2.75) is 70.0 Å². The molecule has 0 aliphatic carbocycles. The molecular weight excluding hydrogens is 459 g/mol. The number of carbonyl (C=O) groups excluding carboxylic acids is 3. The molecule has 0 bridgehead atoms. The zero-order valence-electron chi connectivity index (χ0n) is 20.7. The third-order valence-corrected chi connectivity index (χ3v) is 6.54. The number of ketones is 1. The molecule has 0 radical (unpaired) electrons. The van der Waals surface area contributed by atoms with Crippen molar-refractivity contribution >= 4 is 24.9 Å². The average Bonchev–Trinajstić information content (AvgIpc) is 3.38. The Labute approximate surface area is 212 Å². The van der Waals surface area contributed by atoms with Crippen LogP contribution >= 0.6 is 0 Å². The smallest absolute Gasteiger partial charge is 0.445 e. The highest BCUT2D eigenvalue weighted by molar-refractivity contribution is 6.43. The van der Waals surface area contributed by atoms with Crippen LogP contribution in [0.15, 0.2) is 60.7 Å². The van der Waals surface area contributed by atoms with Crippen LogP contribution in [0.25, 0.3) is 0 Å². The topological polar surface area (TPSA) is 116 Å². The highest BCUT2D eigenvalue weighted by Crippen LogP contribution is 2.27. The van der Waals surface area contributed by atoms with Crippen molar-refractivity contribution in [2.24, 2.45) is 0 Å². The molecule has 192 valence electrons. The molecule has 36 heavy (non-hydrogen) atoms. The van der Waals surface area contributed by atoms with Crippen molar-refractivity contribution in [2.75, 3.05) is 6.54 Å². The summed E-state index contributed by atoms with van der Waals surface area (Å²) in [6.07, 6.45) is 1.95. The second-order valence-corrected chi connectivity index (χ2v) is 9.27. The van der Waals surface area contributed by atoms with E-state index < -0.39 is 31.1 Å². The highest BCUT2D eigenvalue weighted by Gasteiger charge is 2.39. The lowest BCUT2D eigenvalue weighted by molar-refractivity contribution is -0.139. The first-order valence-electron chi connectivity index (χ1n) is 12.6. The number of ether oxygens (including phenoxy) is 1. The van der Waals surface area contributed by atoms with Crippen molar-refractivity contribution in [1.29, 1.82) is 0 Å². The van der Waals surface area contributed by atoms with E-state index in [9.17, 15) is 24.4 Å². The Morgan fingerprint density at radius 1 is 1.06 bits per heavy atom. The van der Waals surface area contributed by atoms with Gasteiger partial charge in [-0.1, -0.05) is 80.4 Å². The SMILES string of the molecule is CCCC(CC(=O)C1CCCN1C(=O)C(Cc1ccccc1)NC(=O)OCc1ccccc1)B(O)O. The molecule has 8 nitrogen and oxygen atoms in total. The number of alkyl carbamates (subject to hydrolysis) is 1. The molecule has 0 aromatic heterocycles. The van der Waals surface area contributed by atoms with Crippen LogP contribution in [0.1, 0.15) is 50.2 Å².